The van der Waals surface area contributed by atoms with E-state index in [1.54, 1.807) is 10.4 Å². The molecule has 0 radical (unpaired) electrons. The van der Waals surface area contributed by atoms with Crippen molar-refractivity contribution >= 4 is 21.4 Å². The van der Waals surface area contributed by atoms with Gasteiger partial charge in [-0.15, -0.1) is 11.3 Å². The number of aryl methyl sites for hydroxylation is 1. The van der Waals surface area contributed by atoms with Gasteiger partial charge in [0, 0.05) is 24.0 Å². The zero-order valence-electron chi connectivity index (χ0n) is 10.8. The quantitative estimate of drug-likeness (QED) is 0.922. The molecule has 1 saturated heterocycles. The van der Waals surface area contributed by atoms with E-state index in [1.807, 2.05) is 13.0 Å². The molecule has 1 aromatic rings. The zero-order valence-corrected chi connectivity index (χ0v) is 12.4. The molecule has 1 aliphatic rings. The summed E-state index contributed by atoms with van der Waals surface area (Å²) in [6.45, 7) is 5.06. The van der Waals surface area contributed by atoms with E-state index in [0.717, 1.165) is 17.7 Å². The van der Waals surface area contributed by atoms with E-state index in [-0.39, 0.29) is 6.04 Å². The van der Waals surface area contributed by atoms with E-state index < -0.39 is 10.0 Å². The van der Waals surface area contributed by atoms with Gasteiger partial charge in [-0.25, -0.2) is 8.42 Å². The van der Waals surface area contributed by atoms with Crippen molar-refractivity contribution in [2.24, 2.45) is 11.7 Å². The van der Waals surface area contributed by atoms with E-state index in [4.69, 9.17) is 5.73 Å². The first-order valence-corrected chi connectivity index (χ1v) is 8.49. The fourth-order valence-corrected chi connectivity index (χ4v) is 5.50. The largest absolute Gasteiger partial charge is 0.329 e. The third kappa shape index (κ3) is 2.61. The minimum Gasteiger partial charge on any atom is -0.329 e. The Labute approximate surface area is 113 Å². The van der Waals surface area contributed by atoms with Crippen LogP contribution in [-0.4, -0.2) is 31.9 Å². The van der Waals surface area contributed by atoms with Gasteiger partial charge in [0.2, 0.25) is 0 Å². The lowest BCUT2D eigenvalue weighted by atomic mass is 9.94. The summed E-state index contributed by atoms with van der Waals surface area (Å²) in [6.07, 6.45) is 1.78. The second-order valence-electron chi connectivity index (χ2n) is 5.00. The molecule has 0 amide bonds. The Hall–Kier alpha value is -0.430. The van der Waals surface area contributed by atoms with Gasteiger partial charge in [-0.3, -0.25) is 0 Å². The predicted molar refractivity (Wildman–Crippen MR) is 74.2 cm³/mol. The van der Waals surface area contributed by atoms with E-state index in [9.17, 15) is 8.42 Å². The molecule has 1 aliphatic heterocycles. The Balaban J connectivity index is 2.29. The molecule has 1 fully saturated rings. The van der Waals surface area contributed by atoms with Crippen molar-refractivity contribution in [3.05, 3.63) is 17.0 Å². The van der Waals surface area contributed by atoms with Crippen LogP contribution in [0.2, 0.25) is 0 Å². The van der Waals surface area contributed by atoms with Crippen LogP contribution in [0.4, 0.5) is 0 Å². The average molecular weight is 288 g/mol. The summed E-state index contributed by atoms with van der Waals surface area (Å²) in [4.78, 5) is 1.02. The highest BCUT2D eigenvalue weighted by Crippen LogP contribution is 2.30. The Bertz CT molecular complexity index is 510. The van der Waals surface area contributed by atoms with Crippen molar-refractivity contribution in [1.29, 1.82) is 0 Å². The lowest BCUT2D eigenvalue weighted by Crippen LogP contribution is -2.48. The van der Waals surface area contributed by atoms with Crippen molar-refractivity contribution in [2.45, 2.75) is 36.9 Å². The van der Waals surface area contributed by atoms with Crippen molar-refractivity contribution < 1.29 is 8.42 Å². The predicted octanol–water partition coefficient (Wildman–Crippen LogP) is 1.80. The molecule has 6 heteroatoms. The summed E-state index contributed by atoms with van der Waals surface area (Å²) < 4.78 is 27.1. The van der Waals surface area contributed by atoms with Crippen LogP contribution in [0.1, 0.15) is 24.6 Å². The van der Waals surface area contributed by atoms with Crippen molar-refractivity contribution in [2.75, 3.05) is 13.1 Å². The Morgan fingerprint density at radius 1 is 1.50 bits per heavy atom. The van der Waals surface area contributed by atoms with Crippen LogP contribution in [0.25, 0.3) is 0 Å². The van der Waals surface area contributed by atoms with Crippen molar-refractivity contribution in [1.82, 2.24) is 4.31 Å². The number of nitrogens with zero attached hydrogens (tertiary/aromatic N) is 1. The number of sulfonamides is 1. The number of hydrogen-bond donors (Lipinski definition) is 1. The summed E-state index contributed by atoms with van der Waals surface area (Å²) in [6, 6.07) is 3.49. The summed E-state index contributed by atoms with van der Waals surface area (Å²) in [7, 11) is -3.35. The first-order chi connectivity index (χ1) is 8.45. The second-order valence-corrected chi connectivity index (χ2v) is 8.41. The van der Waals surface area contributed by atoms with Gasteiger partial charge in [-0.2, -0.15) is 4.31 Å². The first kappa shape index (κ1) is 14.0. The van der Waals surface area contributed by atoms with E-state index >= 15 is 0 Å². The minimum atomic E-state index is -3.35. The number of hydrogen-bond acceptors (Lipinski definition) is 4. The van der Waals surface area contributed by atoms with Gasteiger partial charge in [0.05, 0.1) is 0 Å². The maximum absolute atomic E-state index is 12.6. The molecule has 2 atom stereocenters. The van der Waals surface area contributed by atoms with Gasteiger partial charge in [0.15, 0.2) is 0 Å². The standard InChI is InChI=1S/C12H20N2O2S2/c1-9-5-6-14(11(7-9)8-13)18(15,16)12-4-3-10(2)17-12/h3-4,9,11H,5-8,13H2,1-2H3. The fraction of sp³-hybridized carbons (Fsp3) is 0.667. The highest BCUT2D eigenvalue weighted by molar-refractivity contribution is 7.91. The topological polar surface area (TPSA) is 63.4 Å². The summed E-state index contributed by atoms with van der Waals surface area (Å²) in [5.41, 5.74) is 5.73. The molecule has 2 rings (SSSR count). The Morgan fingerprint density at radius 3 is 2.78 bits per heavy atom. The highest BCUT2D eigenvalue weighted by atomic mass is 32.2. The van der Waals surface area contributed by atoms with Gasteiger partial charge in [-0.1, -0.05) is 6.92 Å². The third-order valence-electron chi connectivity index (χ3n) is 3.47. The second kappa shape index (κ2) is 5.28. The fourth-order valence-electron chi connectivity index (χ4n) is 2.43. The molecule has 102 valence electrons. The molecule has 2 N–H and O–H groups in total. The lowest BCUT2D eigenvalue weighted by Gasteiger charge is -2.36. The minimum absolute atomic E-state index is 0.0545. The molecule has 0 spiro atoms. The first-order valence-electron chi connectivity index (χ1n) is 6.23. The number of nitrogens with two attached hydrogens (primary N) is 1. The zero-order chi connectivity index (χ0) is 13.3. The third-order valence-corrected chi connectivity index (χ3v) is 6.89. The van der Waals surface area contributed by atoms with Crippen LogP contribution in [0.5, 0.6) is 0 Å². The van der Waals surface area contributed by atoms with E-state index in [2.05, 4.69) is 6.92 Å². The van der Waals surface area contributed by atoms with Crippen LogP contribution in [0.15, 0.2) is 16.3 Å². The summed E-state index contributed by atoms with van der Waals surface area (Å²) in [5.74, 6) is 0.551. The van der Waals surface area contributed by atoms with Gasteiger partial charge >= 0.3 is 0 Å². The average Bonchev–Trinajstić information content (AvgIpc) is 2.76. The van der Waals surface area contributed by atoms with Crippen molar-refractivity contribution in [3.63, 3.8) is 0 Å². The molecule has 18 heavy (non-hydrogen) atoms. The van der Waals surface area contributed by atoms with Crippen LogP contribution in [0.3, 0.4) is 0 Å². The molecule has 2 heterocycles. The van der Waals surface area contributed by atoms with Gasteiger partial charge in [0.25, 0.3) is 10.0 Å². The lowest BCUT2D eigenvalue weighted by molar-refractivity contribution is 0.211. The van der Waals surface area contributed by atoms with Gasteiger partial charge in [0.1, 0.15) is 4.21 Å². The Morgan fingerprint density at radius 2 is 2.22 bits per heavy atom. The maximum Gasteiger partial charge on any atom is 0.252 e. The maximum atomic E-state index is 12.6. The normalized spacial score (nSPS) is 26.4. The molecular weight excluding hydrogens is 268 g/mol. The number of piperidine rings is 1. The number of thiophene rings is 1. The van der Waals surface area contributed by atoms with E-state index in [1.165, 1.54) is 11.3 Å². The molecule has 4 nitrogen and oxygen atoms in total. The smallest absolute Gasteiger partial charge is 0.252 e. The van der Waals surface area contributed by atoms with Crippen LogP contribution < -0.4 is 5.73 Å². The van der Waals surface area contributed by atoms with Crippen LogP contribution >= 0.6 is 11.3 Å². The molecule has 0 saturated carbocycles. The van der Waals surface area contributed by atoms with Gasteiger partial charge in [-0.05, 0) is 37.8 Å². The monoisotopic (exact) mass is 288 g/mol. The molecule has 0 aromatic carbocycles. The number of rotatable bonds is 3. The van der Waals surface area contributed by atoms with Crippen LogP contribution in [-0.2, 0) is 10.0 Å². The molecule has 2 unspecified atom stereocenters. The molecule has 1 aromatic heterocycles. The molecule has 0 bridgehead atoms. The summed E-state index contributed by atoms with van der Waals surface area (Å²) in [5, 5.41) is 0. The SMILES string of the molecule is Cc1ccc(S(=O)(=O)N2CCC(C)CC2CN)s1. The summed E-state index contributed by atoms with van der Waals surface area (Å²) >= 11 is 1.33. The van der Waals surface area contributed by atoms with Gasteiger partial charge < -0.3 is 5.73 Å². The molecular formula is C12H20N2O2S2. The van der Waals surface area contributed by atoms with E-state index in [0.29, 0.717) is 23.2 Å². The van der Waals surface area contributed by atoms with Crippen LogP contribution in [0, 0.1) is 12.8 Å². The molecule has 0 aliphatic carbocycles. The van der Waals surface area contributed by atoms with Crippen molar-refractivity contribution in [3.8, 4) is 0 Å². The Kier molecular flexibility index (Phi) is 4.11. The highest BCUT2D eigenvalue weighted by Gasteiger charge is 2.35.